The van der Waals surface area contributed by atoms with Crippen molar-refractivity contribution < 1.29 is 13.9 Å². The van der Waals surface area contributed by atoms with Gasteiger partial charge in [0.05, 0.1) is 18.4 Å². The van der Waals surface area contributed by atoms with E-state index in [2.05, 4.69) is 46.4 Å². The second-order valence-electron chi connectivity index (χ2n) is 9.50. The van der Waals surface area contributed by atoms with Crippen molar-refractivity contribution in [2.24, 2.45) is 0 Å². The van der Waals surface area contributed by atoms with Crippen molar-refractivity contribution in [1.29, 1.82) is 0 Å². The van der Waals surface area contributed by atoms with E-state index in [1.165, 1.54) is 11.8 Å². The van der Waals surface area contributed by atoms with E-state index in [0.29, 0.717) is 28.3 Å². The van der Waals surface area contributed by atoms with Gasteiger partial charge in [-0.1, -0.05) is 66.4 Å². The number of fused-ring (bicyclic) bond motifs is 7. The molecular formula is C31H21N5O3S. The summed E-state index contributed by atoms with van der Waals surface area (Å²) in [6, 6.07) is 28.3. The van der Waals surface area contributed by atoms with Gasteiger partial charge in [-0.2, -0.15) is 0 Å². The quantitative estimate of drug-likeness (QED) is 0.214. The van der Waals surface area contributed by atoms with Crippen LogP contribution >= 0.6 is 11.8 Å². The largest absolute Gasteiger partial charge is 0.497 e. The molecule has 194 valence electrons. The number of para-hydroxylation sites is 2. The highest BCUT2D eigenvalue weighted by atomic mass is 32.2. The molecule has 1 unspecified atom stereocenters. The first-order chi connectivity index (χ1) is 19.7. The molecule has 8 nitrogen and oxygen atoms in total. The smallest absolute Gasteiger partial charge is 0.257 e. The standard InChI is InChI=1S/C31H21N5O3S/c1-37-20-13-10-19(11-14-20)26-27-21-7-3-2-6-18(21)12-15-24(27)38-30-28(26)29-34-25(35-36(29)17-32-30)16-40-31-33-22-8-4-5-9-23(22)39-31/h2-15,17,26H,16H2,1H3. The van der Waals surface area contributed by atoms with Crippen LogP contribution < -0.4 is 9.47 Å². The van der Waals surface area contributed by atoms with Crippen LogP contribution in [0.4, 0.5) is 0 Å². The molecule has 0 fully saturated rings. The summed E-state index contributed by atoms with van der Waals surface area (Å²) in [5, 5.41) is 7.59. The Morgan fingerprint density at radius 2 is 1.75 bits per heavy atom. The number of thioether (sulfide) groups is 1. The summed E-state index contributed by atoms with van der Waals surface area (Å²) in [6.07, 6.45) is 1.66. The number of rotatable bonds is 5. The summed E-state index contributed by atoms with van der Waals surface area (Å²) >= 11 is 1.46. The third-order valence-corrected chi connectivity index (χ3v) is 8.02. The average molecular weight is 544 g/mol. The third kappa shape index (κ3) is 3.70. The van der Waals surface area contributed by atoms with E-state index in [0.717, 1.165) is 50.1 Å². The van der Waals surface area contributed by atoms with Crippen molar-refractivity contribution in [3.8, 4) is 17.4 Å². The van der Waals surface area contributed by atoms with Crippen molar-refractivity contribution in [2.45, 2.75) is 16.9 Å². The number of oxazole rings is 1. The second-order valence-corrected chi connectivity index (χ2v) is 10.4. The zero-order valence-corrected chi connectivity index (χ0v) is 22.1. The maximum Gasteiger partial charge on any atom is 0.257 e. The minimum Gasteiger partial charge on any atom is -0.497 e. The fraction of sp³-hybridized carbons (Fsp3) is 0.0968. The number of ether oxygens (including phenoxy) is 2. The zero-order valence-electron chi connectivity index (χ0n) is 21.3. The SMILES string of the molecule is COc1ccc(C2c3c(ccc4ccccc34)Oc3ncn4nc(CSc5nc6ccccc6o5)nc4c32)cc1. The van der Waals surface area contributed by atoms with Crippen LogP contribution in [0.5, 0.6) is 17.4 Å². The lowest BCUT2D eigenvalue weighted by molar-refractivity contribution is 0.414. The van der Waals surface area contributed by atoms with Crippen LogP contribution in [0.25, 0.3) is 27.5 Å². The van der Waals surface area contributed by atoms with E-state index in [1.807, 2.05) is 48.5 Å². The van der Waals surface area contributed by atoms with E-state index >= 15 is 0 Å². The van der Waals surface area contributed by atoms with Crippen molar-refractivity contribution >= 4 is 39.3 Å². The van der Waals surface area contributed by atoms with Crippen LogP contribution in [0.1, 0.15) is 28.4 Å². The summed E-state index contributed by atoms with van der Waals surface area (Å²) in [4.78, 5) is 14.2. The van der Waals surface area contributed by atoms with Gasteiger partial charge in [0.25, 0.3) is 5.22 Å². The maximum atomic E-state index is 6.42. The highest BCUT2D eigenvalue weighted by molar-refractivity contribution is 7.98. The van der Waals surface area contributed by atoms with Gasteiger partial charge in [0, 0.05) is 11.5 Å². The first-order valence-corrected chi connectivity index (χ1v) is 13.8. The molecule has 0 radical (unpaired) electrons. The van der Waals surface area contributed by atoms with E-state index in [9.17, 15) is 0 Å². The molecule has 4 heterocycles. The molecule has 1 aliphatic rings. The second kappa shape index (κ2) is 9.10. The Bertz CT molecular complexity index is 2020. The molecule has 3 aromatic heterocycles. The molecule has 0 N–H and O–H groups in total. The molecule has 9 heteroatoms. The Kier molecular flexibility index (Phi) is 5.24. The first kappa shape index (κ1) is 23.0. The van der Waals surface area contributed by atoms with Crippen molar-refractivity contribution in [3.63, 3.8) is 0 Å². The minimum absolute atomic E-state index is 0.173. The number of hydrogen-bond acceptors (Lipinski definition) is 8. The van der Waals surface area contributed by atoms with Gasteiger partial charge < -0.3 is 13.9 Å². The molecular weight excluding hydrogens is 522 g/mol. The van der Waals surface area contributed by atoms with Crippen LogP contribution in [0.2, 0.25) is 0 Å². The summed E-state index contributed by atoms with van der Waals surface area (Å²) < 4.78 is 19.5. The van der Waals surface area contributed by atoms with E-state index in [1.54, 1.807) is 18.0 Å². The topological polar surface area (TPSA) is 87.6 Å². The molecule has 4 aromatic carbocycles. The van der Waals surface area contributed by atoms with Gasteiger partial charge in [-0.3, -0.25) is 0 Å². The van der Waals surface area contributed by atoms with Gasteiger partial charge in [0.15, 0.2) is 17.1 Å². The molecule has 0 saturated carbocycles. The lowest BCUT2D eigenvalue weighted by Gasteiger charge is -2.29. The Hall–Kier alpha value is -4.89. The predicted molar refractivity (Wildman–Crippen MR) is 152 cm³/mol. The van der Waals surface area contributed by atoms with Gasteiger partial charge in [0.2, 0.25) is 5.88 Å². The molecule has 1 aliphatic heterocycles. The molecule has 0 spiro atoms. The zero-order chi connectivity index (χ0) is 26.6. The monoisotopic (exact) mass is 543 g/mol. The van der Waals surface area contributed by atoms with Crippen LogP contribution in [0, 0.1) is 0 Å². The van der Waals surface area contributed by atoms with Gasteiger partial charge in [-0.05, 0) is 46.7 Å². The molecule has 0 aliphatic carbocycles. The lowest BCUT2D eigenvalue weighted by Crippen LogP contribution is -2.15. The highest BCUT2D eigenvalue weighted by Crippen LogP contribution is 2.50. The summed E-state index contributed by atoms with van der Waals surface area (Å²) in [7, 11) is 1.67. The van der Waals surface area contributed by atoms with E-state index in [-0.39, 0.29) is 5.92 Å². The first-order valence-electron chi connectivity index (χ1n) is 12.8. The molecule has 1 atom stereocenters. The van der Waals surface area contributed by atoms with Gasteiger partial charge >= 0.3 is 0 Å². The Morgan fingerprint density at radius 3 is 2.62 bits per heavy atom. The van der Waals surface area contributed by atoms with Crippen LogP contribution in [-0.2, 0) is 5.75 Å². The Balaban J connectivity index is 1.26. The number of methoxy groups -OCH3 is 1. The van der Waals surface area contributed by atoms with Gasteiger partial charge in [-0.25, -0.2) is 19.5 Å². The molecule has 7 aromatic rings. The van der Waals surface area contributed by atoms with E-state index < -0.39 is 0 Å². The number of hydrogen-bond donors (Lipinski definition) is 0. The van der Waals surface area contributed by atoms with Crippen LogP contribution in [-0.4, -0.2) is 31.7 Å². The highest BCUT2D eigenvalue weighted by Gasteiger charge is 2.34. The van der Waals surface area contributed by atoms with Crippen molar-refractivity contribution in [2.75, 3.05) is 7.11 Å². The molecule has 40 heavy (non-hydrogen) atoms. The third-order valence-electron chi connectivity index (χ3n) is 7.19. The minimum atomic E-state index is -0.173. The molecule has 0 bridgehead atoms. The molecule has 0 saturated heterocycles. The summed E-state index contributed by atoms with van der Waals surface area (Å²) in [5.74, 6) is 3.09. The van der Waals surface area contributed by atoms with Crippen LogP contribution in [0.3, 0.4) is 0 Å². The summed E-state index contributed by atoms with van der Waals surface area (Å²) in [5.41, 5.74) is 5.34. The van der Waals surface area contributed by atoms with E-state index in [4.69, 9.17) is 24.0 Å². The number of aromatic nitrogens is 5. The molecule has 8 rings (SSSR count). The lowest BCUT2D eigenvalue weighted by atomic mass is 9.81. The predicted octanol–water partition coefficient (Wildman–Crippen LogP) is 7.01. The Morgan fingerprint density at radius 1 is 0.900 bits per heavy atom. The van der Waals surface area contributed by atoms with Crippen molar-refractivity contribution in [3.05, 3.63) is 114 Å². The van der Waals surface area contributed by atoms with Crippen LogP contribution in [0.15, 0.2) is 101 Å². The fourth-order valence-electron chi connectivity index (χ4n) is 5.38. The number of nitrogens with zero attached hydrogens (tertiary/aromatic N) is 5. The molecule has 0 amide bonds. The van der Waals surface area contributed by atoms with Crippen molar-refractivity contribution in [1.82, 2.24) is 24.6 Å². The average Bonchev–Trinajstić information content (AvgIpc) is 3.62. The normalized spacial score (nSPS) is 14.3. The number of benzene rings is 4. The fourth-order valence-corrected chi connectivity index (χ4v) is 6.07. The van der Waals surface area contributed by atoms with Gasteiger partial charge in [-0.15, -0.1) is 5.10 Å². The Labute approximate surface area is 232 Å². The maximum absolute atomic E-state index is 6.42. The van der Waals surface area contributed by atoms with Gasteiger partial charge in [0.1, 0.15) is 23.3 Å². The summed E-state index contributed by atoms with van der Waals surface area (Å²) in [6.45, 7) is 0.